The Balaban J connectivity index is 1.87. The second kappa shape index (κ2) is 7.43. The summed E-state index contributed by atoms with van der Waals surface area (Å²) in [5.41, 5.74) is 7.20. The Bertz CT molecular complexity index is 1260. The van der Waals surface area contributed by atoms with Crippen LogP contribution in [0.15, 0.2) is 61.3 Å². The number of alkyl halides is 3. The molecule has 0 spiro atoms. The second-order valence-electron chi connectivity index (χ2n) is 6.49. The van der Waals surface area contributed by atoms with E-state index in [0.29, 0.717) is 27.9 Å². The lowest BCUT2D eigenvalue weighted by atomic mass is 9.99. The first kappa shape index (κ1) is 19.3. The number of nitrogens with two attached hydrogens (primary N) is 1. The molecule has 0 aliphatic heterocycles. The SMILES string of the molecule is NC(=O)C=Cc1cc(-c2cnc3[nH]cc(-c4ccncn4)c3c2)cc(C(F)(F)F)c1. The number of aromatic nitrogens is 4. The summed E-state index contributed by atoms with van der Waals surface area (Å²) >= 11 is 0. The summed E-state index contributed by atoms with van der Waals surface area (Å²) in [4.78, 5) is 26.5. The highest BCUT2D eigenvalue weighted by Crippen LogP contribution is 2.35. The van der Waals surface area contributed by atoms with Gasteiger partial charge in [-0.3, -0.25) is 4.79 Å². The van der Waals surface area contributed by atoms with Crippen molar-refractivity contribution in [3.63, 3.8) is 0 Å². The number of halogens is 3. The van der Waals surface area contributed by atoms with Crippen molar-refractivity contribution >= 4 is 23.0 Å². The van der Waals surface area contributed by atoms with Crippen molar-refractivity contribution in [2.24, 2.45) is 5.73 Å². The van der Waals surface area contributed by atoms with Crippen LogP contribution in [0.3, 0.4) is 0 Å². The largest absolute Gasteiger partial charge is 0.416 e. The van der Waals surface area contributed by atoms with Crippen molar-refractivity contribution in [1.29, 1.82) is 0 Å². The fourth-order valence-corrected chi connectivity index (χ4v) is 3.08. The summed E-state index contributed by atoms with van der Waals surface area (Å²) in [6.07, 6.45) is 3.94. The van der Waals surface area contributed by atoms with E-state index in [-0.39, 0.29) is 5.56 Å². The normalized spacial score (nSPS) is 12.0. The number of pyridine rings is 1. The minimum atomic E-state index is -4.55. The fraction of sp³-hybridized carbons (Fsp3) is 0.0476. The minimum absolute atomic E-state index is 0.198. The van der Waals surface area contributed by atoms with Gasteiger partial charge in [0.15, 0.2) is 0 Å². The molecule has 4 rings (SSSR count). The van der Waals surface area contributed by atoms with E-state index in [4.69, 9.17) is 5.73 Å². The Morgan fingerprint density at radius 2 is 1.93 bits per heavy atom. The van der Waals surface area contributed by atoms with Gasteiger partial charge < -0.3 is 10.7 Å². The van der Waals surface area contributed by atoms with E-state index in [0.717, 1.165) is 23.8 Å². The molecular weight excluding hydrogens is 395 g/mol. The highest BCUT2D eigenvalue weighted by molar-refractivity contribution is 5.95. The van der Waals surface area contributed by atoms with E-state index in [2.05, 4.69) is 19.9 Å². The van der Waals surface area contributed by atoms with Gasteiger partial charge in [-0.25, -0.2) is 15.0 Å². The summed E-state index contributed by atoms with van der Waals surface area (Å²) in [6.45, 7) is 0. The number of aromatic amines is 1. The van der Waals surface area contributed by atoms with Crippen LogP contribution in [0.4, 0.5) is 13.2 Å². The standard InChI is InChI=1S/C21H14F3N5O/c22-21(23,24)15-6-12(1-2-19(25)30)5-13(7-15)14-8-16-17(10-28-20(16)27-9-14)18-3-4-26-11-29-18/h1-11H,(H2,25,30)(H,27,28). The molecule has 30 heavy (non-hydrogen) atoms. The predicted octanol–water partition coefficient (Wildman–Crippen LogP) is 4.20. The molecule has 3 aromatic heterocycles. The molecule has 0 saturated heterocycles. The molecule has 3 N–H and O–H groups in total. The molecule has 0 aliphatic rings. The zero-order valence-electron chi connectivity index (χ0n) is 15.3. The van der Waals surface area contributed by atoms with Gasteiger partial charge in [0.25, 0.3) is 0 Å². The van der Waals surface area contributed by atoms with E-state index in [1.165, 1.54) is 24.7 Å². The first-order valence-electron chi connectivity index (χ1n) is 8.75. The number of rotatable bonds is 4. The van der Waals surface area contributed by atoms with Gasteiger partial charge in [-0.05, 0) is 47.5 Å². The first-order chi connectivity index (χ1) is 14.3. The third kappa shape index (κ3) is 3.90. The van der Waals surface area contributed by atoms with E-state index in [1.54, 1.807) is 24.5 Å². The molecule has 1 amide bonds. The number of amides is 1. The molecule has 0 radical (unpaired) electrons. The Morgan fingerprint density at radius 3 is 2.63 bits per heavy atom. The van der Waals surface area contributed by atoms with Crippen molar-refractivity contribution < 1.29 is 18.0 Å². The molecule has 0 atom stereocenters. The molecular formula is C21H14F3N5O. The van der Waals surface area contributed by atoms with Gasteiger partial charge in [-0.15, -0.1) is 0 Å². The molecule has 0 unspecified atom stereocenters. The highest BCUT2D eigenvalue weighted by Gasteiger charge is 2.31. The summed E-state index contributed by atoms with van der Waals surface area (Å²) in [7, 11) is 0. The molecule has 9 heteroatoms. The lowest BCUT2D eigenvalue weighted by Gasteiger charge is -2.11. The maximum Gasteiger partial charge on any atom is 0.416 e. The second-order valence-corrected chi connectivity index (χ2v) is 6.49. The van der Waals surface area contributed by atoms with Gasteiger partial charge in [-0.2, -0.15) is 13.2 Å². The number of carbonyl (C=O) groups excluding carboxylic acids is 1. The number of fused-ring (bicyclic) bond motifs is 1. The molecule has 4 aromatic rings. The van der Waals surface area contributed by atoms with Crippen LogP contribution in [0.25, 0.3) is 39.5 Å². The number of carbonyl (C=O) groups is 1. The molecule has 0 saturated carbocycles. The topological polar surface area (TPSA) is 97.6 Å². The van der Waals surface area contributed by atoms with Crippen LogP contribution in [-0.2, 0) is 11.0 Å². The summed E-state index contributed by atoms with van der Waals surface area (Å²) in [6, 6.07) is 7.01. The van der Waals surface area contributed by atoms with Crippen LogP contribution < -0.4 is 5.73 Å². The zero-order chi connectivity index (χ0) is 21.3. The van der Waals surface area contributed by atoms with Crippen LogP contribution in [0, 0.1) is 0 Å². The van der Waals surface area contributed by atoms with Gasteiger partial charge in [0.2, 0.25) is 5.91 Å². The number of hydrogen-bond donors (Lipinski definition) is 2. The summed E-state index contributed by atoms with van der Waals surface area (Å²) < 4.78 is 40.2. The van der Waals surface area contributed by atoms with Crippen LogP contribution in [0.5, 0.6) is 0 Å². The Labute approximate surface area is 168 Å². The van der Waals surface area contributed by atoms with E-state index < -0.39 is 17.6 Å². The third-order valence-corrected chi connectivity index (χ3v) is 4.45. The van der Waals surface area contributed by atoms with Crippen molar-refractivity contribution in [3.05, 3.63) is 72.5 Å². The van der Waals surface area contributed by atoms with Gasteiger partial charge >= 0.3 is 6.18 Å². The maximum atomic E-state index is 13.4. The zero-order valence-corrected chi connectivity index (χ0v) is 15.3. The summed E-state index contributed by atoms with van der Waals surface area (Å²) in [5.74, 6) is -0.751. The highest BCUT2D eigenvalue weighted by atomic mass is 19.4. The predicted molar refractivity (Wildman–Crippen MR) is 106 cm³/mol. The van der Waals surface area contributed by atoms with Crippen molar-refractivity contribution in [2.45, 2.75) is 6.18 Å². The minimum Gasteiger partial charge on any atom is -0.366 e. The smallest absolute Gasteiger partial charge is 0.366 e. The van der Waals surface area contributed by atoms with Crippen molar-refractivity contribution in [3.8, 4) is 22.4 Å². The van der Waals surface area contributed by atoms with Crippen LogP contribution >= 0.6 is 0 Å². The number of nitrogens with zero attached hydrogens (tertiary/aromatic N) is 3. The average Bonchev–Trinajstić information content (AvgIpc) is 3.15. The number of hydrogen-bond acceptors (Lipinski definition) is 4. The van der Waals surface area contributed by atoms with Gasteiger partial charge in [-0.1, -0.05) is 0 Å². The quantitative estimate of drug-likeness (QED) is 0.494. The number of primary amides is 1. The lowest BCUT2D eigenvalue weighted by molar-refractivity contribution is -0.137. The van der Waals surface area contributed by atoms with E-state index in [9.17, 15) is 18.0 Å². The molecule has 0 bridgehead atoms. The fourth-order valence-electron chi connectivity index (χ4n) is 3.08. The molecule has 3 heterocycles. The average molecular weight is 409 g/mol. The number of benzene rings is 1. The Morgan fingerprint density at radius 1 is 1.10 bits per heavy atom. The Hall–Kier alpha value is -4.01. The summed E-state index contributed by atoms with van der Waals surface area (Å²) in [5, 5.41) is 0.706. The van der Waals surface area contributed by atoms with Gasteiger partial charge in [0, 0.05) is 41.2 Å². The molecule has 150 valence electrons. The molecule has 6 nitrogen and oxygen atoms in total. The van der Waals surface area contributed by atoms with Gasteiger partial charge in [0.1, 0.15) is 12.0 Å². The monoisotopic (exact) mass is 409 g/mol. The van der Waals surface area contributed by atoms with E-state index in [1.807, 2.05) is 0 Å². The van der Waals surface area contributed by atoms with Crippen molar-refractivity contribution in [1.82, 2.24) is 19.9 Å². The molecule has 0 aliphatic carbocycles. The number of nitrogens with one attached hydrogen (secondary N) is 1. The van der Waals surface area contributed by atoms with Crippen LogP contribution in [-0.4, -0.2) is 25.8 Å². The molecule has 0 fully saturated rings. The van der Waals surface area contributed by atoms with Crippen molar-refractivity contribution in [2.75, 3.05) is 0 Å². The van der Waals surface area contributed by atoms with Crippen LogP contribution in [0.1, 0.15) is 11.1 Å². The van der Waals surface area contributed by atoms with Crippen LogP contribution in [0.2, 0.25) is 0 Å². The van der Waals surface area contributed by atoms with Gasteiger partial charge in [0.05, 0.1) is 11.3 Å². The Kier molecular flexibility index (Phi) is 4.78. The third-order valence-electron chi connectivity index (χ3n) is 4.45. The molecule has 1 aromatic carbocycles. The number of H-pyrrole nitrogens is 1. The maximum absolute atomic E-state index is 13.4. The van der Waals surface area contributed by atoms with E-state index >= 15 is 0 Å². The lowest BCUT2D eigenvalue weighted by Crippen LogP contribution is -2.06. The first-order valence-corrected chi connectivity index (χ1v) is 8.75.